The highest BCUT2D eigenvalue weighted by Gasteiger charge is 2.28. The number of benzene rings is 2. The van der Waals surface area contributed by atoms with Gasteiger partial charge in [-0.05, 0) is 42.0 Å². The summed E-state index contributed by atoms with van der Waals surface area (Å²) in [6, 6.07) is 11.2. The largest absolute Gasteiger partial charge is 0.493 e. The van der Waals surface area contributed by atoms with Crippen molar-refractivity contribution in [1.29, 1.82) is 0 Å². The molecule has 1 unspecified atom stereocenters. The van der Waals surface area contributed by atoms with Gasteiger partial charge in [-0.1, -0.05) is 17.7 Å². The lowest BCUT2D eigenvalue weighted by Gasteiger charge is -2.07. The number of carbonyl (C=O) groups excluding carboxylic acids is 2. The maximum Gasteiger partial charge on any atom is 0.252 e. The molecular formula is C20H20ClN5O4. The van der Waals surface area contributed by atoms with Crippen molar-refractivity contribution in [3.63, 3.8) is 0 Å². The van der Waals surface area contributed by atoms with Gasteiger partial charge in [0, 0.05) is 10.7 Å². The van der Waals surface area contributed by atoms with Gasteiger partial charge in [-0.25, -0.2) is 10.4 Å². The number of nitrogens with one attached hydrogen (secondary N) is 3. The third kappa shape index (κ3) is 5.48. The Kier molecular flexibility index (Phi) is 6.87. The highest BCUT2D eigenvalue weighted by molar-refractivity contribution is 6.30. The first-order chi connectivity index (χ1) is 14.5. The van der Waals surface area contributed by atoms with Crippen molar-refractivity contribution >= 4 is 41.3 Å². The number of hydrogen-bond donors (Lipinski definition) is 3. The van der Waals surface area contributed by atoms with Crippen LogP contribution in [-0.2, 0) is 9.59 Å². The quantitative estimate of drug-likeness (QED) is 0.461. The smallest absolute Gasteiger partial charge is 0.252 e. The second kappa shape index (κ2) is 9.75. The number of ether oxygens (including phenoxy) is 2. The lowest BCUT2D eigenvalue weighted by Crippen LogP contribution is -2.35. The van der Waals surface area contributed by atoms with Crippen LogP contribution in [0.3, 0.4) is 0 Å². The lowest BCUT2D eigenvalue weighted by molar-refractivity contribution is -0.123. The molecule has 3 rings (SSSR count). The van der Waals surface area contributed by atoms with Crippen LogP contribution in [0.25, 0.3) is 0 Å². The molecule has 2 amide bonds. The molecule has 1 atom stereocenters. The number of anilines is 1. The minimum absolute atomic E-state index is 0.108. The van der Waals surface area contributed by atoms with Gasteiger partial charge >= 0.3 is 0 Å². The number of hydrogen-bond acceptors (Lipinski definition) is 7. The van der Waals surface area contributed by atoms with Gasteiger partial charge in [0.25, 0.3) is 5.91 Å². The van der Waals surface area contributed by atoms with E-state index < -0.39 is 6.04 Å². The first-order valence-corrected chi connectivity index (χ1v) is 9.31. The van der Waals surface area contributed by atoms with Crippen molar-refractivity contribution in [3.05, 3.63) is 53.1 Å². The number of amides is 2. The Labute approximate surface area is 178 Å². The molecule has 0 saturated heterocycles. The molecule has 0 spiro atoms. The van der Waals surface area contributed by atoms with E-state index in [0.29, 0.717) is 22.2 Å². The van der Waals surface area contributed by atoms with Crippen LogP contribution in [0, 0.1) is 0 Å². The topological polar surface area (TPSA) is 113 Å². The minimum atomic E-state index is -0.844. The Morgan fingerprint density at radius 2 is 2.03 bits per heavy atom. The Balaban J connectivity index is 1.56. The first kappa shape index (κ1) is 21.1. The summed E-state index contributed by atoms with van der Waals surface area (Å²) in [7, 11) is 3.10. The van der Waals surface area contributed by atoms with Crippen LogP contribution in [0.4, 0.5) is 5.69 Å². The molecule has 0 radical (unpaired) electrons. The Morgan fingerprint density at radius 3 is 2.77 bits per heavy atom. The second-order valence-electron chi connectivity index (χ2n) is 6.23. The summed E-state index contributed by atoms with van der Waals surface area (Å²) in [5, 5.41) is 9.79. The van der Waals surface area contributed by atoms with Crippen molar-refractivity contribution in [2.24, 2.45) is 10.1 Å². The van der Waals surface area contributed by atoms with Crippen LogP contribution in [0.2, 0.25) is 5.02 Å². The maximum atomic E-state index is 12.2. The van der Waals surface area contributed by atoms with Gasteiger partial charge in [0.15, 0.2) is 11.5 Å². The lowest BCUT2D eigenvalue weighted by atomic mass is 10.2. The highest BCUT2D eigenvalue weighted by Crippen LogP contribution is 2.26. The van der Waals surface area contributed by atoms with Crippen molar-refractivity contribution < 1.29 is 19.1 Å². The van der Waals surface area contributed by atoms with Gasteiger partial charge in [-0.15, -0.1) is 0 Å². The zero-order chi connectivity index (χ0) is 21.5. The van der Waals surface area contributed by atoms with Gasteiger partial charge in [-0.2, -0.15) is 5.10 Å². The maximum absolute atomic E-state index is 12.2. The molecule has 1 aliphatic rings. The molecule has 30 heavy (non-hydrogen) atoms. The third-order valence-electron chi connectivity index (χ3n) is 4.11. The number of halogens is 1. The van der Waals surface area contributed by atoms with Crippen LogP contribution in [0.5, 0.6) is 11.5 Å². The Hall–Kier alpha value is -3.59. The molecule has 2 aromatic rings. The van der Waals surface area contributed by atoms with Gasteiger partial charge in [0.2, 0.25) is 11.9 Å². The summed E-state index contributed by atoms with van der Waals surface area (Å²) in [5.41, 5.74) is 3.95. The molecule has 10 heteroatoms. The van der Waals surface area contributed by atoms with Crippen LogP contribution in [-0.4, -0.2) is 44.2 Å². The fraction of sp³-hybridized carbons (Fsp3) is 0.200. The fourth-order valence-corrected chi connectivity index (χ4v) is 2.89. The van der Waals surface area contributed by atoms with Crippen LogP contribution < -0.4 is 25.5 Å². The van der Waals surface area contributed by atoms with Crippen molar-refractivity contribution in [3.8, 4) is 11.5 Å². The van der Waals surface area contributed by atoms with E-state index in [4.69, 9.17) is 21.1 Å². The summed E-state index contributed by atoms with van der Waals surface area (Å²) < 4.78 is 10.4. The molecule has 0 bridgehead atoms. The van der Waals surface area contributed by atoms with E-state index in [1.807, 2.05) is 0 Å². The van der Waals surface area contributed by atoms with Crippen molar-refractivity contribution in [2.75, 3.05) is 19.5 Å². The molecule has 3 N–H and O–H groups in total. The van der Waals surface area contributed by atoms with E-state index in [9.17, 15) is 9.59 Å². The van der Waals surface area contributed by atoms with E-state index in [0.717, 1.165) is 5.56 Å². The monoisotopic (exact) mass is 429 g/mol. The average Bonchev–Trinajstić information content (AvgIpc) is 3.06. The first-order valence-electron chi connectivity index (χ1n) is 8.93. The Morgan fingerprint density at radius 1 is 1.23 bits per heavy atom. The van der Waals surface area contributed by atoms with Crippen molar-refractivity contribution in [1.82, 2.24) is 10.7 Å². The second-order valence-corrected chi connectivity index (χ2v) is 6.67. The number of carbonyl (C=O) groups is 2. The highest BCUT2D eigenvalue weighted by atomic mass is 35.5. The van der Waals surface area contributed by atoms with E-state index in [1.54, 1.807) is 56.7 Å². The van der Waals surface area contributed by atoms with Crippen LogP contribution in [0.15, 0.2) is 52.6 Å². The summed E-state index contributed by atoms with van der Waals surface area (Å²) in [5.74, 6) is 0.598. The fourth-order valence-electron chi connectivity index (χ4n) is 2.70. The normalized spacial score (nSPS) is 15.5. The number of nitrogens with zero attached hydrogens (tertiary/aromatic N) is 2. The van der Waals surface area contributed by atoms with Gasteiger partial charge in [-0.3, -0.25) is 14.9 Å². The molecule has 0 aliphatic carbocycles. The van der Waals surface area contributed by atoms with Crippen molar-refractivity contribution in [2.45, 2.75) is 12.5 Å². The van der Waals surface area contributed by atoms with Gasteiger partial charge in [0.05, 0.1) is 26.9 Å². The molecule has 9 nitrogen and oxygen atoms in total. The van der Waals surface area contributed by atoms with E-state index >= 15 is 0 Å². The molecule has 0 saturated carbocycles. The van der Waals surface area contributed by atoms with E-state index in [2.05, 4.69) is 26.2 Å². The van der Waals surface area contributed by atoms with Gasteiger partial charge in [0.1, 0.15) is 6.04 Å². The van der Waals surface area contributed by atoms with Gasteiger partial charge < -0.3 is 14.8 Å². The zero-order valence-electron chi connectivity index (χ0n) is 16.3. The molecular weight excluding hydrogens is 410 g/mol. The predicted molar refractivity (Wildman–Crippen MR) is 114 cm³/mol. The third-order valence-corrected chi connectivity index (χ3v) is 4.34. The summed E-state index contributed by atoms with van der Waals surface area (Å²) in [6.45, 7) is 0. The number of guanidine groups is 1. The SMILES string of the molecule is COc1ccc(/C=N/NC2=NC(CC(=O)Nc3cccc(Cl)c3)C(=O)N2)cc1OC. The number of methoxy groups -OCH3 is 2. The molecule has 0 fully saturated rings. The molecule has 0 aromatic heterocycles. The standard InChI is InChI=1S/C20H20ClN5O4/c1-29-16-7-6-12(8-17(16)30-2)11-22-26-20-24-15(19(28)25-20)10-18(27)23-14-5-3-4-13(21)9-14/h3-9,11,15H,10H2,1-2H3,(H,23,27)(H2,24,25,26,28)/b22-11+. The molecule has 1 aliphatic heterocycles. The van der Waals surface area contributed by atoms with Crippen LogP contribution >= 0.6 is 11.6 Å². The Bertz CT molecular complexity index is 1010. The molecule has 2 aromatic carbocycles. The molecule has 1 heterocycles. The summed E-state index contributed by atoms with van der Waals surface area (Å²) in [4.78, 5) is 28.4. The minimum Gasteiger partial charge on any atom is -0.493 e. The number of aliphatic imine (C=N–C) groups is 1. The summed E-state index contributed by atoms with van der Waals surface area (Å²) in [6.07, 6.45) is 1.43. The number of rotatable bonds is 7. The number of hydrazone groups is 1. The molecule has 156 valence electrons. The average molecular weight is 430 g/mol. The van der Waals surface area contributed by atoms with Crippen LogP contribution in [0.1, 0.15) is 12.0 Å². The van der Waals surface area contributed by atoms with E-state index in [-0.39, 0.29) is 24.2 Å². The van der Waals surface area contributed by atoms with E-state index in [1.165, 1.54) is 6.21 Å². The zero-order valence-corrected chi connectivity index (χ0v) is 17.1. The predicted octanol–water partition coefficient (Wildman–Crippen LogP) is 2.16. The summed E-state index contributed by atoms with van der Waals surface area (Å²) >= 11 is 5.89.